The van der Waals surface area contributed by atoms with Crippen molar-refractivity contribution in [3.63, 3.8) is 0 Å². The van der Waals surface area contributed by atoms with Gasteiger partial charge in [-0.15, -0.1) is 0 Å². The molecule has 2 nitrogen and oxygen atoms in total. The molecule has 28 heavy (non-hydrogen) atoms. The van der Waals surface area contributed by atoms with Crippen molar-refractivity contribution in [3.8, 4) is 0 Å². The zero-order valence-corrected chi connectivity index (χ0v) is 20.0. The lowest BCUT2D eigenvalue weighted by Gasteiger charge is -2.58. The molecule has 0 aromatic carbocycles. The van der Waals surface area contributed by atoms with Gasteiger partial charge in [0.05, 0.1) is 12.2 Å². The number of aliphatic hydroxyl groups is 2. The van der Waals surface area contributed by atoms with Gasteiger partial charge in [-0.25, -0.2) is 0 Å². The average molecular weight is 393 g/mol. The van der Waals surface area contributed by atoms with Crippen molar-refractivity contribution in [2.24, 2.45) is 28.6 Å². The quantitative estimate of drug-likeness (QED) is 0.512. The SMILES string of the molecule is C=C1CCC2C3C(O)C/C(=C/C(C)O)C(C)(CCC)C3CCC12C.CC.CC. The Labute approximate surface area is 175 Å². The summed E-state index contributed by atoms with van der Waals surface area (Å²) >= 11 is 0. The second-order valence-electron chi connectivity index (χ2n) is 9.26. The largest absolute Gasteiger partial charge is 0.392 e. The van der Waals surface area contributed by atoms with E-state index in [1.807, 2.05) is 40.7 Å². The van der Waals surface area contributed by atoms with Gasteiger partial charge in [0.15, 0.2) is 0 Å². The van der Waals surface area contributed by atoms with E-state index >= 15 is 0 Å². The van der Waals surface area contributed by atoms with Crippen molar-refractivity contribution in [3.05, 3.63) is 23.8 Å². The van der Waals surface area contributed by atoms with E-state index in [0.717, 1.165) is 25.7 Å². The summed E-state index contributed by atoms with van der Waals surface area (Å²) in [5.74, 6) is 1.52. The second-order valence-corrected chi connectivity index (χ2v) is 9.26. The number of rotatable bonds is 3. The molecular formula is C26H48O2. The number of aliphatic hydroxyl groups excluding tert-OH is 2. The highest BCUT2D eigenvalue weighted by Gasteiger charge is 2.59. The van der Waals surface area contributed by atoms with Crippen LogP contribution in [0.3, 0.4) is 0 Å². The van der Waals surface area contributed by atoms with Crippen LogP contribution in [0.2, 0.25) is 0 Å². The molecule has 0 saturated heterocycles. The Bertz CT molecular complexity index is 535. The normalized spacial score (nSPS) is 41.8. The molecule has 0 amide bonds. The van der Waals surface area contributed by atoms with Gasteiger partial charge in [0.2, 0.25) is 0 Å². The molecule has 0 aliphatic heterocycles. The highest BCUT2D eigenvalue weighted by Crippen LogP contribution is 2.65. The predicted octanol–water partition coefficient (Wildman–Crippen LogP) is 6.92. The fourth-order valence-electron chi connectivity index (χ4n) is 6.63. The van der Waals surface area contributed by atoms with Gasteiger partial charge < -0.3 is 10.2 Å². The number of fused-ring (bicyclic) bond motifs is 3. The van der Waals surface area contributed by atoms with Crippen LogP contribution in [0.5, 0.6) is 0 Å². The van der Waals surface area contributed by atoms with Crippen LogP contribution in [-0.4, -0.2) is 22.4 Å². The minimum atomic E-state index is -0.431. The lowest BCUT2D eigenvalue weighted by molar-refractivity contribution is -0.0916. The third kappa shape index (κ3) is 4.43. The van der Waals surface area contributed by atoms with E-state index in [4.69, 9.17) is 0 Å². The summed E-state index contributed by atoms with van der Waals surface area (Å²) in [4.78, 5) is 0. The molecular weight excluding hydrogens is 344 g/mol. The predicted molar refractivity (Wildman–Crippen MR) is 122 cm³/mol. The molecule has 3 aliphatic carbocycles. The van der Waals surface area contributed by atoms with E-state index in [1.54, 1.807) is 0 Å². The lowest BCUT2D eigenvalue weighted by atomic mass is 9.47. The minimum absolute atomic E-state index is 0.126. The first-order chi connectivity index (χ1) is 13.2. The van der Waals surface area contributed by atoms with Crippen LogP contribution in [0, 0.1) is 28.6 Å². The molecule has 0 heterocycles. The Morgan fingerprint density at radius 3 is 2.29 bits per heavy atom. The Kier molecular flexibility index (Phi) is 9.48. The summed E-state index contributed by atoms with van der Waals surface area (Å²) in [5.41, 5.74) is 3.08. The summed E-state index contributed by atoms with van der Waals surface area (Å²) in [6.07, 6.45) is 9.11. The van der Waals surface area contributed by atoms with E-state index in [1.165, 1.54) is 30.4 Å². The topological polar surface area (TPSA) is 40.5 Å². The van der Waals surface area contributed by atoms with Crippen LogP contribution in [-0.2, 0) is 0 Å². The Morgan fingerprint density at radius 2 is 1.75 bits per heavy atom. The molecule has 3 fully saturated rings. The van der Waals surface area contributed by atoms with Crippen molar-refractivity contribution in [2.75, 3.05) is 0 Å². The van der Waals surface area contributed by atoms with Crippen LogP contribution in [0.4, 0.5) is 0 Å². The Morgan fingerprint density at radius 1 is 1.14 bits per heavy atom. The molecule has 3 aliphatic rings. The van der Waals surface area contributed by atoms with Crippen molar-refractivity contribution in [2.45, 2.75) is 113 Å². The molecule has 0 bridgehead atoms. The summed E-state index contributed by atoms with van der Waals surface area (Å²) in [6.45, 7) is 21.3. The molecule has 3 saturated carbocycles. The van der Waals surface area contributed by atoms with Crippen LogP contribution >= 0.6 is 0 Å². The van der Waals surface area contributed by atoms with Gasteiger partial charge in [0, 0.05) is 0 Å². The monoisotopic (exact) mass is 392 g/mol. The van der Waals surface area contributed by atoms with Gasteiger partial charge in [0.25, 0.3) is 0 Å². The zero-order chi connectivity index (χ0) is 21.7. The summed E-state index contributed by atoms with van der Waals surface area (Å²) < 4.78 is 0. The first kappa shape index (κ1) is 25.4. The number of hydrogen-bond acceptors (Lipinski definition) is 2. The van der Waals surface area contributed by atoms with Gasteiger partial charge in [0.1, 0.15) is 0 Å². The third-order valence-corrected chi connectivity index (χ3v) is 7.92. The molecule has 2 N–H and O–H groups in total. The van der Waals surface area contributed by atoms with Crippen LogP contribution in [0.15, 0.2) is 23.8 Å². The third-order valence-electron chi connectivity index (χ3n) is 7.92. The average Bonchev–Trinajstić information content (AvgIpc) is 2.97. The van der Waals surface area contributed by atoms with Crippen LogP contribution < -0.4 is 0 Å². The fourth-order valence-corrected chi connectivity index (χ4v) is 6.63. The summed E-state index contributed by atoms with van der Waals surface area (Å²) in [6, 6.07) is 0. The van der Waals surface area contributed by atoms with E-state index in [9.17, 15) is 10.2 Å². The molecule has 7 unspecified atom stereocenters. The lowest BCUT2D eigenvalue weighted by Crippen LogP contribution is -2.54. The van der Waals surface area contributed by atoms with E-state index in [2.05, 4.69) is 27.4 Å². The van der Waals surface area contributed by atoms with Gasteiger partial charge in [-0.1, -0.05) is 78.7 Å². The Balaban J connectivity index is 0.000000921. The highest BCUT2D eigenvalue weighted by atomic mass is 16.3. The Hall–Kier alpha value is -0.600. The molecule has 0 aromatic heterocycles. The standard InChI is InChI=1S/C22H36O2.2C2H6/c1-6-10-22(5)16(12-15(3)23)13-19(24)20-17-8-7-14(2)21(17,4)11-9-18(20)22;2*1-2/h12,15,17-20,23-24H,2,6-11,13H2,1,3-5H3;2*1-2H3/b16-12-;;. The summed E-state index contributed by atoms with van der Waals surface area (Å²) in [7, 11) is 0. The van der Waals surface area contributed by atoms with Crippen LogP contribution in [0.25, 0.3) is 0 Å². The van der Waals surface area contributed by atoms with Crippen LogP contribution in [0.1, 0.15) is 100 Å². The minimum Gasteiger partial charge on any atom is -0.392 e. The molecule has 164 valence electrons. The van der Waals surface area contributed by atoms with Gasteiger partial charge >= 0.3 is 0 Å². The molecule has 0 aromatic rings. The maximum atomic E-state index is 11.1. The van der Waals surface area contributed by atoms with E-state index < -0.39 is 6.10 Å². The highest BCUT2D eigenvalue weighted by molar-refractivity contribution is 5.28. The van der Waals surface area contributed by atoms with Crippen molar-refractivity contribution >= 4 is 0 Å². The van der Waals surface area contributed by atoms with E-state index in [0.29, 0.717) is 17.8 Å². The number of hydrogen-bond donors (Lipinski definition) is 2. The number of allylic oxidation sites excluding steroid dienone is 1. The molecule has 0 spiro atoms. The first-order valence-corrected chi connectivity index (χ1v) is 12.0. The van der Waals surface area contributed by atoms with Crippen molar-refractivity contribution < 1.29 is 10.2 Å². The van der Waals surface area contributed by atoms with Crippen molar-refractivity contribution in [1.29, 1.82) is 0 Å². The van der Waals surface area contributed by atoms with Gasteiger partial charge in [-0.3, -0.25) is 0 Å². The van der Waals surface area contributed by atoms with E-state index in [-0.39, 0.29) is 16.9 Å². The zero-order valence-electron chi connectivity index (χ0n) is 20.0. The molecule has 2 heteroatoms. The van der Waals surface area contributed by atoms with Gasteiger partial charge in [-0.2, -0.15) is 0 Å². The first-order valence-electron chi connectivity index (χ1n) is 12.0. The summed E-state index contributed by atoms with van der Waals surface area (Å²) in [5, 5.41) is 21.0. The molecule has 3 rings (SSSR count). The smallest absolute Gasteiger partial charge is 0.0695 e. The second kappa shape index (κ2) is 10.4. The maximum absolute atomic E-state index is 11.1. The molecule has 7 atom stereocenters. The molecule has 0 radical (unpaired) electrons. The maximum Gasteiger partial charge on any atom is 0.0695 e. The van der Waals surface area contributed by atoms with Crippen molar-refractivity contribution in [1.82, 2.24) is 0 Å². The fraction of sp³-hybridized carbons (Fsp3) is 0.846. The van der Waals surface area contributed by atoms with Gasteiger partial charge in [-0.05, 0) is 74.0 Å².